The van der Waals surface area contributed by atoms with Gasteiger partial charge in [0.25, 0.3) is 0 Å². The fourth-order valence-corrected chi connectivity index (χ4v) is 1.59. The SMILES string of the molecule is O=S(=O)([O-])CS(=O)(=O)[O-].[Ag+].[Na+]. The third-order valence-electron chi connectivity index (χ3n) is 0.289. The molecule has 0 aliphatic carbocycles. The van der Waals surface area contributed by atoms with E-state index in [0.29, 0.717) is 0 Å². The Balaban J connectivity index is -0.000000320. The Kier molecular flexibility index (Phi) is 10.2. The topological polar surface area (TPSA) is 114 Å². The zero-order valence-corrected chi connectivity index (χ0v) is 10.4. The van der Waals surface area contributed by atoms with Crippen molar-refractivity contribution in [2.24, 2.45) is 0 Å². The summed E-state index contributed by atoms with van der Waals surface area (Å²) in [5.41, 5.74) is 0. The zero-order chi connectivity index (χ0) is 7.71. The van der Waals surface area contributed by atoms with Gasteiger partial charge in [0, 0.05) is 0 Å². The summed E-state index contributed by atoms with van der Waals surface area (Å²) in [5.74, 6) is 0. The summed E-state index contributed by atoms with van der Waals surface area (Å²) >= 11 is 0. The quantitative estimate of drug-likeness (QED) is 0.373. The molecule has 0 aromatic heterocycles. The standard InChI is InChI=1S/CH4O6S2.Ag.Na/c2-8(3,4)1-9(5,6)7;;/h1H2,(H,2,3,4)(H,5,6,7);;/q;2*+1/p-2. The van der Waals surface area contributed by atoms with Crippen molar-refractivity contribution in [1.82, 2.24) is 0 Å². The number of rotatable bonds is 2. The molecule has 0 aliphatic heterocycles. The molecular weight excluding hydrogens is 303 g/mol. The van der Waals surface area contributed by atoms with Crippen LogP contribution < -0.4 is 29.6 Å². The predicted molar refractivity (Wildman–Crippen MR) is 24.3 cm³/mol. The van der Waals surface area contributed by atoms with Gasteiger partial charge in [-0.05, 0) is 0 Å². The number of hydrogen-bond donors (Lipinski definition) is 0. The van der Waals surface area contributed by atoms with Crippen LogP contribution in [0.25, 0.3) is 0 Å². The Hall–Kier alpha value is 1.56. The van der Waals surface area contributed by atoms with Crippen LogP contribution in [0.5, 0.6) is 0 Å². The molecule has 0 aliphatic rings. The monoisotopic (exact) mass is 304 g/mol. The van der Waals surface area contributed by atoms with Gasteiger partial charge in [-0.15, -0.1) is 0 Å². The minimum Gasteiger partial charge on any atom is -0.747 e. The van der Waals surface area contributed by atoms with E-state index in [-0.39, 0.29) is 51.9 Å². The van der Waals surface area contributed by atoms with E-state index in [0.717, 1.165) is 0 Å². The van der Waals surface area contributed by atoms with Crippen LogP contribution in [0, 0.1) is 0 Å². The molecule has 0 radical (unpaired) electrons. The van der Waals surface area contributed by atoms with Crippen LogP contribution >= 0.6 is 0 Å². The van der Waals surface area contributed by atoms with Crippen molar-refractivity contribution < 1.29 is 77.9 Å². The van der Waals surface area contributed by atoms with Crippen molar-refractivity contribution in [3.8, 4) is 0 Å². The molecule has 0 bridgehead atoms. The molecule has 0 unspecified atom stereocenters. The Morgan fingerprint density at radius 2 is 1.09 bits per heavy atom. The Morgan fingerprint density at radius 3 is 1.09 bits per heavy atom. The van der Waals surface area contributed by atoms with Gasteiger partial charge in [0.15, 0.2) is 0 Å². The van der Waals surface area contributed by atoms with Gasteiger partial charge in [-0.3, -0.25) is 0 Å². The predicted octanol–water partition coefficient (Wildman–Crippen LogP) is -4.96. The van der Waals surface area contributed by atoms with E-state index in [9.17, 15) is 25.9 Å². The fraction of sp³-hybridized carbons (Fsp3) is 1.00. The second-order valence-electron chi connectivity index (χ2n) is 1.23. The van der Waals surface area contributed by atoms with Crippen LogP contribution in [-0.2, 0) is 42.6 Å². The summed E-state index contributed by atoms with van der Waals surface area (Å²) < 4.78 is 57.1. The van der Waals surface area contributed by atoms with Gasteiger partial charge >= 0.3 is 51.9 Å². The summed E-state index contributed by atoms with van der Waals surface area (Å²) in [7, 11) is -9.86. The van der Waals surface area contributed by atoms with E-state index in [1.807, 2.05) is 0 Å². The average molecular weight is 305 g/mol. The van der Waals surface area contributed by atoms with Crippen molar-refractivity contribution >= 4 is 20.2 Å². The Bertz CT molecular complexity index is 246. The van der Waals surface area contributed by atoms with Crippen LogP contribution in [0.2, 0.25) is 0 Å². The first-order valence-electron chi connectivity index (χ1n) is 1.58. The molecule has 66 valence electrons. The average Bonchev–Trinajstić information content (AvgIpc) is 1.14. The maximum absolute atomic E-state index is 9.51. The Labute approximate surface area is 102 Å². The molecule has 6 nitrogen and oxygen atoms in total. The summed E-state index contributed by atoms with van der Waals surface area (Å²) in [4.78, 5) is 0. The van der Waals surface area contributed by atoms with E-state index in [1.165, 1.54) is 0 Å². The Morgan fingerprint density at radius 1 is 0.909 bits per heavy atom. The minimum atomic E-state index is -4.93. The molecular formula is CH2AgNaO6S2. The molecule has 10 heteroatoms. The van der Waals surface area contributed by atoms with Crippen LogP contribution in [0.1, 0.15) is 0 Å². The van der Waals surface area contributed by atoms with Crippen LogP contribution in [-0.4, -0.2) is 31.0 Å². The normalized spacial score (nSPS) is 11.1. The maximum atomic E-state index is 9.51. The number of hydrogen-bond acceptors (Lipinski definition) is 6. The summed E-state index contributed by atoms with van der Waals surface area (Å²) in [6, 6.07) is 0. The van der Waals surface area contributed by atoms with Gasteiger partial charge < -0.3 is 9.11 Å². The van der Waals surface area contributed by atoms with Gasteiger partial charge in [-0.1, -0.05) is 0 Å². The fourth-order valence-electron chi connectivity index (χ4n) is 0.177. The minimum absolute atomic E-state index is 0. The molecule has 0 amide bonds. The molecule has 0 aromatic carbocycles. The molecule has 0 saturated carbocycles. The van der Waals surface area contributed by atoms with Crippen molar-refractivity contribution in [3.05, 3.63) is 0 Å². The maximum Gasteiger partial charge on any atom is 1.00 e. The molecule has 11 heavy (non-hydrogen) atoms. The molecule has 0 spiro atoms. The third kappa shape index (κ3) is 18.5. The van der Waals surface area contributed by atoms with Crippen molar-refractivity contribution in [1.29, 1.82) is 0 Å². The molecule has 0 heterocycles. The first-order chi connectivity index (χ1) is 3.71. The van der Waals surface area contributed by atoms with Gasteiger partial charge in [0.2, 0.25) is 0 Å². The zero-order valence-electron chi connectivity index (χ0n) is 5.27. The molecule has 0 atom stereocenters. The van der Waals surface area contributed by atoms with Gasteiger partial charge in [0.05, 0.1) is 0 Å². The van der Waals surface area contributed by atoms with Crippen LogP contribution in [0.15, 0.2) is 0 Å². The summed E-state index contributed by atoms with van der Waals surface area (Å²) in [5, 5.41) is -1.88. The third-order valence-corrected chi connectivity index (χ3v) is 2.60. The second kappa shape index (κ2) is 6.08. The molecule has 0 fully saturated rings. The summed E-state index contributed by atoms with van der Waals surface area (Å²) in [6.07, 6.45) is 0. The summed E-state index contributed by atoms with van der Waals surface area (Å²) in [6.45, 7) is 0. The van der Waals surface area contributed by atoms with E-state index in [2.05, 4.69) is 0 Å². The molecule has 0 saturated heterocycles. The molecule has 0 N–H and O–H groups in total. The molecule has 0 aromatic rings. The van der Waals surface area contributed by atoms with Crippen molar-refractivity contribution in [2.75, 3.05) is 5.08 Å². The van der Waals surface area contributed by atoms with Gasteiger partial charge in [-0.2, -0.15) is 0 Å². The van der Waals surface area contributed by atoms with Crippen LogP contribution in [0.3, 0.4) is 0 Å². The van der Waals surface area contributed by atoms with E-state index < -0.39 is 25.3 Å². The van der Waals surface area contributed by atoms with Crippen molar-refractivity contribution in [2.45, 2.75) is 0 Å². The van der Waals surface area contributed by atoms with Crippen LogP contribution in [0.4, 0.5) is 0 Å². The first-order valence-corrected chi connectivity index (χ1v) is 4.73. The van der Waals surface area contributed by atoms with Crippen molar-refractivity contribution in [3.63, 3.8) is 0 Å². The van der Waals surface area contributed by atoms with Gasteiger partial charge in [0.1, 0.15) is 25.3 Å². The largest absolute Gasteiger partial charge is 1.00 e. The van der Waals surface area contributed by atoms with Gasteiger partial charge in [-0.25, -0.2) is 16.8 Å². The van der Waals surface area contributed by atoms with E-state index >= 15 is 0 Å². The van der Waals surface area contributed by atoms with E-state index in [1.54, 1.807) is 0 Å². The molecule has 0 rings (SSSR count). The van der Waals surface area contributed by atoms with E-state index in [4.69, 9.17) is 0 Å². The second-order valence-corrected chi connectivity index (χ2v) is 4.41. The first kappa shape index (κ1) is 18.4. The smallest absolute Gasteiger partial charge is 0.747 e.